The number of hydrogen-bond acceptors (Lipinski definition) is 3. The normalized spacial score (nSPS) is 25.9. The molecule has 1 unspecified atom stereocenters. The maximum atomic E-state index is 12.2. The average molecular weight is 416 g/mol. The van der Waals surface area contributed by atoms with Crippen molar-refractivity contribution in [3.63, 3.8) is 0 Å². The van der Waals surface area contributed by atoms with E-state index >= 15 is 0 Å². The first kappa shape index (κ1) is 20.4. The summed E-state index contributed by atoms with van der Waals surface area (Å²) in [4.78, 5) is 14.6. The minimum Gasteiger partial charge on any atom is -0.303 e. The van der Waals surface area contributed by atoms with E-state index in [9.17, 15) is 4.79 Å². The van der Waals surface area contributed by atoms with Crippen molar-refractivity contribution >= 4 is 17.2 Å². The monoisotopic (exact) mass is 415 g/mol. The standard InChI is InChI=1S/C27H33N3O/c1-19(21-10-6-7-11-21)26-23-13-12-22(14-25(23)28-29-26)24-16-30(17-27(24,2)18-31)15-20-8-4-3-5-9-20/h3-5,8-9,12-14,18-19,21,24H,6-7,10-11,15-17H2,1-2H3,(H,28,29)/t19?,24-,27-/m0/s1. The molecule has 1 saturated heterocycles. The van der Waals surface area contributed by atoms with Crippen LogP contribution in [0.5, 0.6) is 0 Å². The van der Waals surface area contributed by atoms with Gasteiger partial charge in [-0.3, -0.25) is 10.00 Å². The smallest absolute Gasteiger partial charge is 0.127 e. The third kappa shape index (κ3) is 3.82. The summed E-state index contributed by atoms with van der Waals surface area (Å²) in [5.74, 6) is 1.44. The molecule has 3 atom stereocenters. The van der Waals surface area contributed by atoms with Crippen LogP contribution in [0.25, 0.3) is 10.9 Å². The number of fused-ring (bicyclic) bond motifs is 1. The predicted octanol–water partition coefficient (Wildman–Crippen LogP) is 5.66. The van der Waals surface area contributed by atoms with Gasteiger partial charge in [-0.15, -0.1) is 0 Å². The molecule has 1 aliphatic heterocycles. The van der Waals surface area contributed by atoms with E-state index in [-0.39, 0.29) is 11.3 Å². The number of carbonyl (C=O) groups is 1. The van der Waals surface area contributed by atoms with Gasteiger partial charge in [-0.05, 0) is 36.0 Å². The zero-order valence-electron chi connectivity index (χ0n) is 18.7. The second-order valence-corrected chi connectivity index (χ2v) is 10.1. The van der Waals surface area contributed by atoms with Crippen LogP contribution in [0.4, 0.5) is 0 Å². The molecule has 2 aromatic carbocycles. The maximum absolute atomic E-state index is 12.2. The van der Waals surface area contributed by atoms with E-state index in [2.05, 4.69) is 66.3 Å². The summed E-state index contributed by atoms with van der Waals surface area (Å²) in [6.45, 7) is 7.02. The van der Waals surface area contributed by atoms with Gasteiger partial charge >= 0.3 is 0 Å². The maximum Gasteiger partial charge on any atom is 0.127 e. The molecule has 5 rings (SSSR count). The van der Waals surface area contributed by atoms with Crippen LogP contribution in [0.3, 0.4) is 0 Å². The highest BCUT2D eigenvalue weighted by Crippen LogP contribution is 2.43. The Kier molecular flexibility index (Phi) is 5.43. The van der Waals surface area contributed by atoms with Crippen LogP contribution >= 0.6 is 0 Å². The molecule has 2 fully saturated rings. The van der Waals surface area contributed by atoms with E-state index in [1.54, 1.807) is 0 Å². The average Bonchev–Trinajstić information content (AvgIpc) is 3.53. The number of likely N-dealkylation sites (tertiary alicyclic amines) is 1. The van der Waals surface area contributed by atoms with E-state index in [0.717, 1.165) is 31.1 Å². The van der Waals surface area contributed by atoms with E-state index in [1.807, 2.05) is 6.07 Å². The second kappa shape index (κ2) is 8.23. The molecule has 2 aliphatic rings. The van der Waals surface area contributed by atoms with E-state index in [0.29, 0.717) is 5.92 Å². The van der Waals surface area contributed by atoms with Crippen LogP contribution in [0.2, 0.25) is 0 Å². The first-order valence-electron chi connectivity index (χ1n) is 11.8. The Morgan fingerprint density at radius 3 is 2.71 bits per heavy atom. The Balaban J connectivity index is 1.40. The molecule has 162 valence electrons. The first-order valence-corrected chi connectivity index (χ1v) is 11.8. The van der Waals surface area contributed by atoms with Crippen LogP contribution in [0.15, 0.2) is 48.5 Å². The summed E-state index contributed by atoms with van der Waals surface area (Å²) < 4.78 is 0. The largest absolute Gasteiger partial charge is 0.303 e. The second-order valence-electron chi connectivity index (χ2n) is 10.1. The van der Waals surface area contributed by atoms with Crippen molar-refractivity contribution in [2.45, 2.75) is 57.9 Å². The highest BCUT2D eigenvalue weighted by molar-refractivity contribution is 5.83. The van der Waals surface area contributed by atoms with Crippen LogP contribution in [0.1, 0.15) is 68.2 Å². The zero-order valence-corrected chi connectivity index (χ0v) is 18.7. The topological polar surface area (TPSA) is 49.0 Å². The summed E-state index contributed by atoms with van der Waals surface area (Å²) >= 11 is 0. The van der Waals surface area contributed by atoms with Crippen LogP contribution < -0.4 is 0 Å². The molecular weight excluding hydrogens is 382 g/mol. The Labute approximate surface area is 185 Å². The fourth-order valence-electron chi connectivity index (χ4n) is 5.99. The lowest BCUT2D eigenvalue weighted by Crippen LogP contribution is -2.28. The third-order valence-corrected chi connectivity index (χ3v) is 7.88. The van der Waals surface area contributed by atoms with Gasteiger partial charge in [0, 0.05) is 42.3 Å². The van der Waals surface area contributed by atoms with Gasteiger partial charge in [-0.1, -0.05) is 69.2 Å². The summed E-state index contributed by atoms with van der Waals surface area (Å²) in [5.41, 5.74) is 4.48. The van der Waals surface area contributed by atoms with Gasteiger partial charge in [-0.25, -0.2) is 0 Å². The number of aldehydes is 1. The van der Waals surface area contributed by atoms with Crippen LogP contribution in [-0.4, -0.2) is 34.5 Å². The van der Waals surface area contributed by atoms with Gasteiger partial charge in [0.25, 0.3) is 0 Å². The molecule has 0 spiro atoms. The number of aromatic nitrogens is 2. The summed E-state index contributed by atoms with van der Waals surface area (Å²) in [7, 11) is 0. The van der Waals surface area contributed by atoms with E-state index < -0.39 is 0 Å². The molecule has 3 aromatic rings. The first-order chi connectivity index (χ1) is 15.1. The van der Waals surface area contributed by atoms with Crippen molar-refractivity contribution < 1.29 is 4.79 Å². The molecule has 0 radical (unpaired) electrons. The van der Waals surface area contributed by atoms with Crippen molar-refractivity contribution in [1.82, 2.24) is 15.1 Å². The summed E-state index contributed by atoms with van der Waals surface area (Å²) in [5, 5.41) is 9.28. The highest BCUT2D eigenvalue weighted by atomic mass is 16.1. The van der Waals surface area contributed by atoms with Gasteiger partial charge in [0.15, 0.2) is 0 Å². The number of aromatic amines is 1. The molecular formula is C27H33N3O. The number of H-pyrrole nitrogens is 1. The molecule has 1 saturated carbocycles. The minimum absolute atomic E-state index is 0.192. The number of rotatable bonds is 6. The number of nitrogens with one attached hydrogen (secondary N) is 1. The van der Waals surface area contributed by atoms with Crippen molar-refractivity contribution in [1.29, 1.82) is 0 Å². The lowest BCUT2D eigenvalue weighted by atomic mass is 9.77. The number of nitrogens with zero attached hydrogens (tertiary/aromatic N) is 2. The molecule has 4 nitrogen and oxygen atoms in total. The fourth-order valence-corrected chi connectivity index (χ4v) is 5.99. The van der Waals surface area contributed by atoms with Crippen LogP contribution in [0, 0.1) is 11.3 Å². The van der Waals surface area contributed by atoms with Crippen molar-refractivity contribution in [3.05, 3.63) is 65.4 Å². The SMILES string of the molecule is CC(c1n[nH]c2cc([C@@H]3CN(Cc4ccccc4)C[C@@]3(C)C=O)ccc12)C1CCCC1. The minimum atomic E-state index is -0.373. The molecule has 4 heteroatoms. The van der Waals surface area contributed by atoms with Gasteiger partial charge in [0.05, 0.1) is 11.2 Å². The number of hydrogen-bond donors (Lipinski definition) is 1. The van der Waals surface area contributed by atoms with E-state index in [4.69, 9.17) is 5.10 Å². The quantitative estimate of drug-likeness (QED) is 0.528. The Morgan fingerprint density at radius 2 is 1.97 bits per heavy atom. The zero-order chi connectivity index (χ0) is 21.4. The molecule has 0 bridgehead atoms. The number of carbonyl (C=O) groups excluding carboxylic acids is 1. The molecule has 1 aromatic heterocycles. The summed E-state index contributed by atoms with van der Waals surface area (Å²) in [6.07, 6.45) is 6.53. The van der Waals surface area contributed by atoms with Gasteiger partial charge in [0.1, 0.15) is 6.29 Å². The molecule has 1 N–H and O–H groups in total. The predicted molar refractivity (Wildman–Crippen MR) is 125 cm³/mol. The summed E-state index contributed by atoms with van der Waals surface area (Å²) in [6, 6.07) is 17.3. The molecule has 0 amide bonds. The third-order valence-electron chi connectivity index (χ3n) is 7.88. The highest BCUT2D eigenvalue weighted by Gasteiger charge is 2.43. The van der Waals surface area contributed by atoms with Crippen molar-refractivity contribution in [2.75, 3.05) is 13.1 Å². The Morgan fingerprint density at radius 1 is 1.19 bits per heavy atom. The molecule has 31 heavy (non-hydrogen) atoms. The fraction of sp³-hybridized carbons (Fsp3) is 0.481. The van der Waals surface area contributed by atoms with Crippen molar-refractivity contribution in [3.8, 4) is 0 Å². The molecule has 2 heterocycles. The number of benzene rings is 2. The van der Waals surface area contributed by atoms with Crippen LogP contribution in [-0.2, 0) is 11.3 Å². The Bertz CT molecular complexity index is 1050. The lowest BCUT2D eigenvalue weighted by molar-refractivity contribution is -0.115. The lowest BCUT2D eigenvalue weighted by Gasteiger charge is -2.24. The van der Waals surface area contributed by atoms with Gasteiger partial charge in [0.2, 0.25) is 0 Å². The van der Waals surface area contributed by atoms with Gasteiger partial charge in [-0.2, -0.15) is 5.10 Å². The Hall–Kier alpha value is -2.46. The van der Waals surface area contributed by atoms with Crippen molar-refractivity contribution in [2.24, 2.45) is 11.3 Å². The van der Waals surface area contributed by atoms with Gasteiger partial charge < -0.3 is 4.79 Å². The molecule has 1 aliphatic carbocycles. The van der Waals surface area contributed by atoms with E-state index in [1.165, 1.54) is 54.2 Å².